The molecule has 1 heterocycles. The molecule has 0 spiro atoms. The molecule has 0 bridgehead atoms. The average molecular weight is 494 g/mol. The van der Waals surface area contributed by atoms with Crippen LogP contribution in [0.3, 0.4) is 0 Å². The van der Waals surface area contributed by atoms with E-state index in [9.17, 15) is 13.2 Å². The molecule has 0 radical (unpaired) electrons. The maximum absolute atomic E-state index is 13.5. The van der Waals surface area contributed by atoms with E-state index in [0.717, 1.165) is 35.2 Å². The van der Waals surface area contributed by atoms with Gasteiger partial charge in [0.1, 0.15) is 0 Å². The van der Waals surface area contributed by atoms with Crippen LogP contribution < -0.4 is 0 Å². The van der Waals surface area contributed by atoms with Crippen molar-refractivity contribution in [2.24, 2.45) is 5.41 Å². The summed E-state index contributed by atoms with van der Waals surface area (Å²) in [7, 11) is -3.70. The molecule has 3 aromatic rings. The summed E-state index contributed by atoms with van der Waals surface area (Å²) in [4.78, 5) is 19.5. The number of nitrogens with zero attached hydrogens (tertiary/aromatic N) is 3. The number of aromatic nitrogens is 2. The molecule has 2 aromatic carbocycles. The lowest BCUT2D eigenvalue weighted by Gasteiger charge is -2.27. The molecule has 4 rings (SSSR count). The zero-order valence-electron chi connectivity index (χ0n) is 21.1. The summed E-state index contributed by atoms with van der Waals surface area (Å²) >= 11 is 0. The van der Waals surface area contributed by atoms with Crippen LogP contribution in [0.4, 0.5) is 0 Å². The van der Waals surface area contributed by atoms with Crippen LogP contribution >= 0.6 is 0 Å². The first-order chi connectivity index (χ1) is 16.5. The highest BCUT2D eigenvalue weighted by atomic mass is 32.2. The lowest BCUT2D eigenvalue weighted by atomic mass is 9.91. The van der Waals surface area contributed by atoms with E-state index in [2.05, 4.69) is 25.8 Å². The van der Waals surface area contributed by atoms with Crippen LogP contribution in [0.5, 0.6) is 0 Å². The molecular formula is C28H35N3O3S. The Kier molecular flexibility index (Phi) is 7.17. The molecule has 1 aliphatic carbocycles. The largest absolute Gasteiger partial charge is 0.334 e. The number of amides is 1. The third kappa shape index (κ3) is 6.60. The van der Waals surface area contributed by atoms with Crippen LogP contribution in [0.15, 0.2) is 66.0 Å². The van der Waals surface area contributed by atoms with Gasteiger partial charge in [0.2, 0.25) is 20.9 Å². The smallest absolute Gasteiger partial charge is 0.228 e. The average Bonchev–Trinajstić information content (AvgIpc) is 3.54. The number of imidazole rings is 1. The minimum atomic E-state index is -3.70. The van der Waals surface area contributed by atoms with Crippen LogP contribution in [0.25, 0.3) is 0 Å². The molecule has 1 aliphatic rings. The van der Waals surface area contributed by atoms with Gasteiger partial charge in [0.05, 0.1) is 30.7 Å². The first kappa shape index (κ1) is 25.2. The maximum atomic E-state index is 13.5. The van der Waals surface area contributed by atoms with Gasteiger partial charge in [0.15, 0.2) is 0 Å². The molecule has 1 saturated carbocycles. The van der Waals surface area contributed by atoms with Gasteiger partial charge in [-0.1, -0.05) is 80.9 Å². The van der Waals surface area contributed by atoms with Gasteiger partial charge in [0, 0.05) is 12.5 Å². The Labute approximate surface area is 208 Å². The van der Waals surface area contributed by atoms with Gasteiger partial charge < -0.3 is 9.47 Å². The van der Waals surface area contributed by atoms with Crippen molar-refractivity contribution in [3.05, 3.63) is 83.2 Å². The van der Waals surface area contributed by atoms with Crippen molar-refractivity contribution in [3.63, 3.8) is 0 Å². The highest BCUT2D eigenvalue weighted by Crippen LogP contribution is 2.32. The van der Waals surface area contributed by atoms with E-state index >= 15 is 0 Å². The quantitative estimate of drug-likeness (QED) is 0.414. The first-order valence-corrected chi connectivity index (χ1v) is 13.8. The SMILES string of the molecule is Cc1ccc(CS(=O)(=O)c2ncc(CN(C(=O)CC(C)(C)C)C3CC3)n2Cc2ccccc2)cc1. The Morgan fingerprint density at radius 1 is 1.03 bits per heavy atom. The van der Waals surface area contributed by atoms with E-state index in [1.165, 1.54) is 0 Å². The number of carbonyl (C=O) groups excluding carboxylic acids is 1. The number of benzene rings is 2. The molecule has 0 saturated heterocycles. The minimum Gasteiger partial charge on any atom is -0.334 e. The minimum absolute atomic E-state index is 0.0518. The molecular weight excluding hydrogens is 458 g/mol. The van der Waals surface area contributed by atoms with Crippen LogP contribution in [0, 0.1) is 12.3 Å². The van der Waals surface area contributed by atoms with E-state index in [1.807, 2.05) is 66.4 Å². The Balaban J connectivity index is 1.68. The number of rotatable bonds is 9. The van der Waals surface area contributed by atoms with E-state index < -0.39 is 9.84 Å². The van der Waals surface area contributed by atoms with Crippen LogP contribution in [0.1, 0.15) is 62.4 Å². The second-order valence-electron chi connectivity index (χ2n) is 10.8. The Morgan fingerprint density at radius 3 is 2.29 bits per heavy atom. The van der Waals surface area contributed by atoms with Gasteiger partial charge in [-0.25, -0.2) is 13.4 Å². The first-order valence-electron chi connectivity index (χ1n) is 12.2. The van der Waals surface area contributed by atoms with Gasteiger partial charge in [0.25, 0.3) is 0 Å². The van der Waals surface area contributed by atoms with E-state index in [1.54, 1.807) is 10.8 Å². The predicted molar refractivity (Wildman–Crippen MR) is 137 cm³/mol. The van der Waals surface area contributed by atoms with Crippen LogP contribution in [-0.2, 0) is 33.5 Å². The molecule has 186 valence electrons. The second-order valence-corrected chi connectivity index (χ2v) is 12.7. The van der Waals surface area contributed by atoms with Gasteiger partial charge in [-0.3, -0.25) is 4.79 Å². The summed E-state index contributed by atoms with van der Waals surface area (Å²) in [6.07, 6.45) is 4.06. The van der Waals surface area contributed by atoms with Crippen molar-refractivity contribution in [3.8, 4) is 0 Å². The normalized spacial score (nSPS) is 14.2. The Bertz CT molecular complexity index is 1270. The van der Waals surface area contributed by atoms with Gasteiger partial charge in [-0.2, -0.15) is 0 Å². The zero-order chi connectivity index (χ0) is 25.2. The highest BCUT2D eigenvalue weighted by molar-refractivity contribution is 7.90. The second kappa shape index (κ2) is 9.97. The lowest BCUT2D eigenvalue weighted by molar-refractivity contribution is -0.134. The Hall–Kier alpha value is -2.93. The van der Waals surface area contributed by atoms with Crippen molar-refractivity contribution < 1.29 is 13.2 Å². The van der Waals surface area contributed by atoms with Crippen molar-refractivity contribution in [2.75, 3.05) is 0 Å². The van der Waals surface area contributed by atoms with Crippen molar-refractivity contribution in [1.29, 1.82) is 0 Å². The highest BCUT2D eigenvalue weighted by Gasteiger charge is 2.35. The zero-order valence-corrected chi connectivity index (χ0v) is 21.9. The summed E-state index contributed by atoms with van der Waals surface area (Å²) in [5, 5.41) is 0.0518. The summed E-state index contributed by atoms with van der Waals surface area (Å²) in [6.45, 7) is 8.90. The molecule has 0 N–H and O–H groups in total. The van der Waals surface area contributed by atoms with E-state index in [-0.39, 0.29) is 28.3 Å². The maximum Gasteiger partial charge on any atom is 0.228 e. The number of sulfone groups is 1. The van der Waals surface area contributed by atoms with Gasteiger partial charge in [-0.05, 0) is 36.3 Å². The lowest BCUT2D eigenvalue weighted by Crippen LogP contribution is -2.35. The van der Waals surface area contributed by atoms with Crippen molar-refractivity contribution in [1.82, 2.24) is 14.5 Å². The number of hydrogen-bond donors (Lipinski definition) is 0. The molecule has 1 amide bonds. The molecule has 35 heavy (non-hydrogen) atoms. The monoisotopic (exact) mass is 493 g/mol. The fourth-order valence-electron chi connectivity index (χ4n) is 4.21. The molecule has 0 atom stereocenters. The standard InChI is InChI=1S/C28H35N3O3S/c1-21-10-12-23(13-11-21)20-35(33,34)27-29-17-25(31(27)18-22-8-6-5-7-9-22)19-30(24-14-15-24)26(32)16-28(2,3)4/h5-13,17,24H,14-16,18-20H2,1-4H3. The summed E-state index contributed by atoms with van der Waals surface area (Å²) in [5.41, 5.74) is 3.42. The molecule has 1 fully saturated rings. The Morgan fingerprint density at radius 2 is 1.69 bits per heavy atom. The predicted octanol–water partition coefficient (Wildman–Crippen LogP) is 5.14. The third-order valence-electron chi connectivity index (χ3n) is 6.16. The molecule has 7 heteroatoms. The van der Waals surface area contributed by atoms with Gasteiger partial charge in [-0.15, -0.1) is 0 Å². The summed E-state index contributed by atoms with van der Waals surface area (Å²) < 4.78 is 28.8. The van der Waals surface area contributed by atoms with Crippen LogP contribution in [-0.4, -0.2) is 34.8 Å². The van der Waals surface area contributed by atoms with E-state index in [4.69, 9.17) is 0 Å². The summed E-state index contributed by atoms with van der Waals surface area (Å²) in [6, 6.07) is 17.5. The van der Waals surface area contributed by atoms with Gasteiger partial charge >= 0.3 is 0 Å². The summed E-state index contributed by atoms with van der Waals surface area (Å²) in [5.74, 6) is -0.00935. The number of aryl methyl sites for hydroxylation is 1. The van der Waals surface area contributed by atoms with Crippen molar-refractivity contribution >= 4 is 15.7 Å². The molecule has 1 aromatic heterocycles. The molecule has 0 aliphatic heterocycles. The fraction of sp³-hybridized carbons (Fsp3) is 0.429. The third-order valence-corrected chi connectivity index (χ3v) is 7.76. The molecule has 6 nitrogen and oxygen atoms in total. The van der Waals surface area contributed by atoms with Crippen molar-refractivity contribution in [2.45, 2.75) is 77.0 Å². The topological polar surface area (TPSA) is 72.3 Å². The number of hydrogen-bond acceptors (Lipinski definition) is 4. The fourth-order valence-corrected chi connectivity index (χ4v) is 5.70. The molecule has 0 unspecified atom stereocenters. The number of carbonyl (C=O) groups is 1. The van der Waals surface area contributed by atoms with Crippen LogP contribution in [0.2, 0.25) is 0 Å². The van der Waals surface area contributed by atoms with E-state index in [0.29, 0.717) is 19.5 Å².